The molecule has 136 valence electrons. The van der Waals surface area contributed by atoms with Gasteiger partial charge in [0.05, 0.1) is 7.11 Å². The van der Waals surface area contributed by atoms with E-state index >= 15 is 0 Å². The van der Waals surface area contributed by atoms with E-state index in [-0.39, 0.29) is 11.8 Å². The number of benzene rings is 2. The van der Waals surface area contributed by atoms with Crippen LogP contribution in [0.2, 0.25) is 0 Å². The smallest absolute Gasteiger partial charge is 0.240 e. The molecule has 0 heterocycles. The second kappa shape index (κ2) is 7.60. The summed E-state index contributed by atoms with van der Waals surface area (Å²) in [6, 6.07) is 15.2. The number of nitrogens with one attached hydrogen (secondary N) is 2. The van der Waals surface area contributed by atoms with Gasteiger partial charge < -0.3 is 15.4 Å². The predicted molar refractivity (Wildman–Crippen MR) is 101 cm³/mol. The van der Waals surface area contributed by atoms with Crippen molar-refractivity contribution in [3.8, 4) is 5.75 Å². The van der Waals surface area contributed by atoms with Gasteiger partial charge in [-0.15, -0.1) is 0 Å². The molecule has 26 heavy (non-hydrogen) atoms. The Morgan fingerprint density at radius 3 is 2.31 bits per heavy atom. The number of para-hydroxylation sites is 2. The minimum atomic E-state index is -0.955. The van der Waals surface area contributed by atoms with E-state index < -0.39 is 5.41 Å². The average Bonchev–Trinajstić information content (AvgIpc) is 3.49. The fourth-order valence-electron chi connectivity index (χ4n) is 3.07. The number of aryl methyl sites for hydroxylation is 1. The maximum atomic E-state index is 12.7. The van der Waals surface area contributed by atoms with Crippen molar-refractivity contribution in [2.45, 2.75) is 32.7 Å². The predicted octanol–water partition coefficient (Wildman–Crippen LogP) is 3.29. The summed E-state index contributed by atoms with van der Waals surface area (Å²) in [5.41, 5.74) is 1.77. The van der Waals surface area contributed by atoms with E-state index in [0.717, 1.165) is 29.0 Å². The molecule has 2 aromatic carbocycles. The summed E-state index contributed by atoms with van der Waals surface area (Å²) < 4.78 is 5.30. The Labute approximate surface area is 153 Å². The summed E-state index contributed by atoms with van der Waals surface area (Å²) in [4.78, 5) is 25.4. The number of carbonyl (C=O) groups excluding carboxylic acids is 2. The Balaban J connectivity index is 1.66. The Kier molecular flexibility index (Phi) is 5.26. The number of rotatable bonds is 7. The molecule has 5 heteroatoms. The highest BCUT2D eigenvalue weighted by atomic mass is 16.5. The van der Waals surface area contributed by atoms with Crippen LogP contribution in [0.25, 0.3) is 0 Å². The van der Waals surface area contributed by atoms with Crippen LogP contribution in [0.1, 0.15) is 30.9 Å². The minimum absolute atomic E-state index is 0.226. The number of hydrogen-bond donors (Lipinski definition) is 2. The van der Waals surface area contributed by atoms with Crippen molar-refractivity contribution in [2.24, 2.45) is 5.41 Å². The molecule has 0 aliphatic heterocycles. The third kappa shape index (κ3) is 3.57. The topological polar surface area (TPSA) is 67.4 Å². The molecule has 0 unspecified atom stereocenters. The van der Waals surface area contributed by atoms with Crippen LogP contribution in [0, 0.1) is 5.41 Å². The van der Waals surface area contributed by atoms with Crippen LogP contribution in [0.4, 0.5) is 5.69 Å². The molecule has 3 rings (SSSR count). The molecule has 0 atom stereocenters. The van der Waals surface area contributed by atoms with Gasteiger partial charge in [-0.05, 0) is 37.0 Å². The molecule has 0 spiro atoms. The van der Waals surface area contributed by atoms with E-state index in [1.54, 1.807) is 7.11 Å². The van der Waals surface area contributed by atoms with E-state index in [0.29, 0.717) is 19.4 Å². The molecular formula is C21H24N2O3. The lowest BCUT2D eigenvalue weighted by Crippen LogP contribution is -2.39. The largest absolute Gasteiger partial charge is 0.496 e. The van der Waals surface area contributed by atoms with Gasteiger partial charge in [0, 0.05) is 17.8 Å². The highest BCUT2D eigenvalue weighted by Crippen LogP contribution is 2.47. The molecule has 1 aliphatic carbocycles. The van der Waals surface area contributed by atoms with Crippen LogP contribution < -0.4 is 15.4 Å². The lowest BCUT2D eigenvalue weighted by Gasteiger charge is -2.17. The summed E-state index contributed by atoms with van der Waals surface area (Å²) >= 11 is 0. The van der Waals surface area contributed by atoms with Crippen LogP contribution >= 0.6 is 0 Å². The Hall–Kier alpha value is -2.82. The van der Waals surface area contributed by atoms with Gasteiger partial charge in [-0.3, -0.25) is 9.59 Å². The lowest BCUT2D eigenvalue weighted by molar-refractivity contribution is -0.134. The van der Waals surface area contributed by atoms with Gasteiger partial charge in [-0.2, -0.15) is 0 Å². The fourth-order valence-corrected chi connectivity index (χ4v) is 3.07. The minimum Gasteiger partial charge on any atom is -0.496 e. The first-order valence-corrected chi connectivity index (χ1v) is 8.90. The molecule has 2 N–H and O–H groups in total. The lowest BCUT2D eigenvalue weighted by atomic mass is 10.0. The van der Waals surface area contributed by atoms with E-state index in [1.165, 1.54) is 0 Å². The molecule has 0 radical (unpaired) electrons. The molecule has 2 amide bonds. The van der Waals surface area contributed by atoms with Gasteiger partial charge in [0.15, 0.2) is 0 Å². The van der Waals surface area contributed by atoms with E-state index in [9.17, 15) is 9.59 Å². The number of amides is 2. The average molecular weight is 352 g/mol. The maximum Gasteiger partial charge on any atom is 0.240 e. The van der Waals surface area contributed by atoms with Crippen LogP contribution in [0.3, 0.4) is 0 Å². The molecular weight excluding hydrogens is 328 g/mol. The summed E-state index contributed by atoms with van der Waals surface area (Å²) in [5.74, 6) is 0.268. The maximum absolute atomic E-state index is 12.7. The first-order valence-electron chi connectivity index (χ1n) is 8.90. The van der Waals surface area contributed by atoms with Crippen LogP contribution in [0.5, 0.6) is 5.75 Å². The Morgan fingerprint density at radius 1 is 1.00 bits per heavy atom. The standard InChI is InChI=1S/C21H24N2O3/c1-3-15-8-4-6-10-17(15)23-20(25)21(12-13-21)19(24)22-14-16-9-5-7-11-18(16)26-2/h4-11H,3,12-14H2,1-2H3,(H,22,24)(H,23,25). The number of ether oxygens (including phenoxy) is 1. The van der Waals surface area contributed by atoms with E-state index in [2.05, 4.69) is 10.6 Å². The van der Waals surface area contributed by atoms with Gasteiger partial charge in [0.1, 0.15) is 11.2 Å². The second-order valence-corrected chi connectivity index (χ2v) is 6.54. The first kappa shape index (κ1) is 18.0. The monoisotopic (exact) mass is 352 g/mol. The van der Waals surface area contributed by atoms with Crippen molar-refractivity contribution in [2.75, 3.05) is 12.4 Å². The highest BCUT2D eigenvalue weighted by Gasteiger charge is 2.56. The molecule has 0 bridgehead atoms. The zero-order valence-corrected chi connectivity index (χ0v) is 15.2. The third-order valence-electron chi connectivity index (χ3n) is 4.90. The summed E-state index contributed by atoms with van der Waals surface area (Å²) in [6.45, 7) is 2.38. The normalized spacial score (nSPS) is 14.4. The van der Waals surface area contributed by atoms with Gasteiger partial charge in [-0.25, -0.2) is 0 Å². The van der Waals surface area contributed by atoms with Gasteiger partial charge in [0.25, 0.3) is 0 Å². The summed E-state index contributed by atoms with van der Waals surface area (Å²) in [6.07, 6.45) is 1.97. The van der Waals surface area contributed by atoms with Gasteiger partial charge >= 0.3 is 0 Å². The molecule has 5 nitrogen and oxygen atoms in total. The van der Waals surface area contributed by atoms with Gasteiger partial charge in [-0.1, -0.05) is 43.3 Å². The van der Waals surface area contributed by atoms with Crippen molar-refractivity contribution in [3.05, 3.63) is 59.7 Å². The Morgan fingerprint density at radius 2 is 1.65 bits per heavy atom. The van der Waals surface area contributed by atoms with Crippen molar-refractivity contribution in [1.29, 1.82) is 0 Å². The van der Waals surface area contributed by atoms with Gasteiger partial charge in [0.2, 0.25) is 11.8 Å². The summed E-state index contributed by atoms with van der Waals surface area (Å²) in [5, 5.41) is 5.83. The molecule has 0 aromatic heterocycles. The van der Waals surface area contributed by atoms with Crippen LogP contribution in [-0.4, -0.2) is 18.9 Å². The number of carbonyl (C=O) groups is 2. The van der Waals surface area contributed by atoms with Crippen LogP contribution in [-0.2, 0) is 22.6 Å². The first-order chi connectivity index (χ1) is 12.6. The zero-order valence-electron chi connectivity index (χ0n) is 15.2. The quantitative estimate of drug-likeness (QED) is 0.752. The van der Waals surface area contributed by atoms with Crippen molar-refractivity contribution in [1.82, 2.24) is 5.32 Å². The SMILES string of the molecule is CCc1ccccc1NC(=O)C1(C(=O)NCc2ccccc2OC)CC1. The molecule has 1 aliphatic rings. The third-order valence-corrected chi connectivity index (χ3v) is 4.90. The highest BCUT2D eigenvalue weighted by molar-refractivity contribution is 6.13. The Bertz CT molecular complexity index is 812. The summed E-state index contributed by atoms with van der Waals surface area (Å²) in [7, 11) is 1.60. The van der Waals surface area contributed by atoms with E-state index in [4.69, 9.17) is 4.74 Å². The molecule has 2 aromatic rings. The van der Waals surface area contributed by atoms with Crippen LogP contribution in [0.15, 0.2) is 48.5 Å². The fraction of sp³-hybridized carbons (Fsp3) is 0.333. The molecule has 0 saturated heterocycles. The number of hydrogen-bond acceptors (Lipinski definition) is 3. The van der Waals surface area contributed by atoms with Crippen molar-refractivity contribution in [3.63, 3.8) is 0 Å². The van der Waals surface area contributed by atoms with Crippen molar-refractivity contribution >= 4 is 17.5 Å². The molecule has 1 fully saturated rings. The van der Waals surface area contributed by atoms with Crippen molar-refractivity contribution < 1.29 is 14.3 Å². The van der Waals surface area contributed by atoms with E-state index in [1.807, 2.05) is 55.5 Å². The number of methoxy groups -OCH3 is 1. The number of anilines is 1. The molecule has 1 saturated carbocycles. The second-order valence-electron chi connectivity index (χ2n) is 6.54. The zero-order chi connectivity index (χ0) is 18.6.